The second kappa shape index (κ2) is 9.75. The van der Waals surface area contributed by atoms with Crippen LogP contribution >= 0.6 is 11.6 Å². The summed E-state index contributed by atoms with van der Waals surface area (Å²) in [5.74, 6) is -0.269. The van der Waals surface area contributed by atoms with Crippen LogP contribution in [-0.2, 0) is 16.1 Å². The van der Waals surface area contributed by atoms with E-state index in [1.165, 1.54) is 0 Å². The number of amides is 1. The van der Waals surface area contributed by atoms with Crippen molar-refractivity contribution in [2.75, 3.05) is 11.9 Å². The minimum Gasteiger partial charge on any atom is -0.480 e. The fourth-order valence-corrected chi connectivity index (χ4v) is 2.71. The third-order valence-electron chi connectivity index (χ3n) is 4.08. The van der Waals surface area contributed by atoms with E-state index in [0.29, 0.717) is 16.3 Å². The van der Waals surface area contributed by atoms with Gasteiger partial charge in [0.15, 0.2) is 6.61 Å². The summed E-state index contributed by atoms with van der Waals surface area (Å²) in [6.45, 7) is 1.76. The lowest BCUT2D eigenvalue weighted by Gasteiger charge is -2.09. The zero-order valence-corrected chi connectivity index (χ0v) is 16.6. The number of nitrogens with one attached hydrogen (secondary N) is 1. The van der Waals surface area contributed by atoms with Crippen molar-refractivity contribution >= 4 is 29.2 Å². The molecule has 0 unspecified atom stereocenters. The van der Waals surface area contributed by atoms with Gasteiger partial charge in [-0.1, -0.05) is 48.0 Å². The first-order chi connectivity index (χ1) is 14.0. The highest BCUT2D eigenvalue weighted by Crippen LogP contribution is 2.25. The third kappa shape index (κ3) is 6.09. The maximum atomic E-state index is 12.2. The van der Waals surface area contributed by atoms with Gasteiger partial charge in [-0.2, -0.15) is 0 Å². The standard InChI is InChI=1S/C23H20ClNO4/c1-16-7-12-20(24)21(13-16)28-15-22(26)29-14-17-8-10-18(11-9-17)23(27)25-19-5-3-2-4-6-19/h2-13H,14-15H2,1H3,(H,25,27). The van der Waals surface area contributed by atoms with Gasteiger partial charge < -0.3 is 14.8 Å². The summed E-state index contributed by atoms with van der Waals surface area (Å²) >= 11 is 6.03. The van der Waals surface area contributed by atoms with Gasteiger partial charge in [-0.25, -0.2) is 4.79 Å². The average Bonchev–Trinajstić information content (AvgIpc) is 2.74. The molecule has 0 heterocycles. The quantitative estimate of drug-likeness (QED) is 0.556. The van der Waals surface area contributed by atoms with Crippen molar-refractivity contribution in [3.05, 3.63) is 94.5 Å². The van der Waals surface area contributed by atoms with Crippen molar-refractivity contribution in [2.45, 2.75) is 13.5 Å². The Morgan fingerprint density at radius 3 is 2.41 bits per heavy atom. The summed E-state index contributed by atoms with van der Waals surface area (Å²) in [6, 6.07) is 21.4. The van der Waals surface area contributed by atoms with E-state index in [4.69, 9.17) is 21.1 Å². The van der Waals surface area contributed by atoms with Crippen LogP contribution in [0.5, 0.6) is 5.75 Å². The predicted molar refractivity (Wildman–Crippen MR) is 112 cm³/mol. The molecule has 0 aromatic heterocycles. The van der Waals surface area contributed by atoms with E-state index in [2.05, 4.69) is 5.32 Å². The molecule has 0 saturated carbocycles. The number of carbonyl (C=O) groups is 2. The van der Waals surface area contributed by atoms with E-state index in [1.54, 1.807) is 36.4 Å². The monoisotopic (exact) mass is 409 g/mol. The van der Waals surface area contributed by atoms with Crippen LogP contribution in [-0.4, -0.2) is 18.5 Å². The summed E-state index contributed by atoms with van der Waals surface area (Å²) < 4.78 is 10.6. The molecule has 3 rings (SSSR count). The Balaban J connectivity index is 1.47. The molecule has 3 aromatic carbocycles. The van der Waals surface area contributed by atoms with Crippen LogP contribution in [0.25, 0.3) is 0 Å². The van der Waals surface area contributed by atoms with Crippen molar-refractivity contribution in [1.29, 1.82) is 0 Å². The summed E-state index contributed by atoms with van der Waals surface area (Å²) in [6.07, 6.45) is 0. The number of carbonyl (C=O) groups excluding carboxylic acids is 2. The minimum absolute atomic E-state index is 0.0876. The molecule has 0 aliphatic rings. The van der Waals surface area contributed by atoms with Crippen LogP contribution in [0, 0.1) is 6.92 Å². The molecule has 0 spiro atoms. The lowest BCUT2D eigenvalue weighted by Crippen LogP contribution is -2.15. The molecule has 0 fully saturated rings. The van der Waals surface area contributed by atoms with Gasteiger partial charge in [0.2, 0.25) is 0 Å². The van der Waals surface area contributed by atoms with Gasteiger partial charge in [0, 0.05) is 11.3 Å². The molecule has 0 radical (unpaired) electrons. The highest BCUT2D eigenvalue weighted by atomic mass is 35.5. The average molecular weight is 410 g/mol. The SMILES string of the molecule is Cc1ccc(Cl)c(OCC(=O)OCc2ccc(C(=O)Nc3ccccc3)cc2)c1. The summed E-state index contributed by atoms with van der Waals surface area (Å²) in [7, 11) is 0. The molecule has 1 N–H and O–H groups in total. The Kier molecular flexibility index (Phi) is 6.87. The van der Waals surface area contributed by atoms with Crippen LogP contribution in [0.1, 0.15) is 21.5 Å². The van der Waals surface area contributed by atoms with E-state index in [1.807, 2.05) is 43.3 Å². The van der Waals surface area contributed by atoms with Crippen molar-refractivity contribution in [3.63, 3.8) is 0 Å². The largest absolute Gasteiger partial charge is 0.480 e. The fourth-order valence-electron chi connectivity index (χ4n) is 2.54. The number of para-hydroxylation sites is 1. The van der Waals surface area contributed by atoms with Crippen molar-refractivity contribution in [3.8, 4) is 5.75 Å². The number of anilines is 1. The van der Waals surface area contributed by atoms with Gasteiger partial charge in [-0.05, 0) is 54.4 Å². The van der Waals surface area contributed by atoms with E-state index in [9.17, 15) is 9.59 Å². The molecule has 1 amide bonds. The zero-order valence-electron chi connectivity index (χ0n) is 15.9. The molecular formula is C23H20ClNO4. The zero-order chi connectivity index (χ0) is 20.6. The van der Waals surface area contributed by atoms with E-state index in [-0.39, 0.29) is 19.1 Å². The molecule has 0 aliphatic heterocycles. The lowest BCUT2D eigenvalue weighted by molar-refractivity contribution is -0.147. The van der Waals surface area contributed by atoms with Crippen LogP contribution < -0.4 is 10.1 Å². The summed E-state index contributed by atoms with van der Waals surface area (Å²) in [4.78, 5) is 24.1. The number of rotatable bonds is 7. The number of hydrogen-bond acceptors (Lipinski definition) is 4. The predicted octanol–water partition coefficient (Wildman–Crippen LogP) is 5.02. The van der Waals surface area contributed by atoms with E-state index in [0.717, 1.165) is 16.8 Å². The first-order valence-electron chi connectivity index (χ1n) is 9.01. The lowest BCUT2D eigenvalue weighted by atomic mass is 10.1. The van der Waals surface area contributed by atoms with Gasteiger partial charge in [-0.15, -0.1) is 0 Å². The maximum absolute atomic E-state index is 12.2. The number of halogens is 1. The fraction of sp³-hybridized carbons (Fsp3) is 0.130. The van der Waals surface area contributed by atoms with E-state index >= 15 is 0 Å². The first kappa shape index (κ1) is 20.4. The Morgan fingerprint density at radius 1 is 0.966 bits per heavy atom. The molecule has 3 aromatic rings. The van der Waals surface area contributed by atoms with Crippen molar-refractivity contribution in [1.82, 2.24) is 0 Å². The maximum Gasteiger partial charge on any atom is 0.344 e. The Bertz CT molecular complexity index is 988. The summed E-state index contributed by atoms with van der Waals surface area (Å²) in [5.41, 5.74) is 2.99. The Morgan fingerprint density at radius 2 is 1.69 bits per heavy atom. The second-order valence-corrected chi connectivity index (χ2v) is 6.81. The molecule has 0 aliphatic carbocycles. The van der Waals surface area contributed by atoms with Gasteiger partial charge in [-0.3, -0.25) is 4.79 Å². The minimum atomic E-state index is -0.506. The van der Waals surface area contributed by atoms with Crippen LogP contribution in [0.15, 0.2) is 72.8 Å². The molecular weight excluding hydrogens is 390 g/mol. The third-order valence-corrected chi connectivity index (χ3v) is 4.39. The number of esters is 1. The van der Waals surface area contributed by atoms with E-state index < -0.39 is 5.97 Å². The molecule has 0 saturated heterocycles. The van der Waals surface area contributed by atoms with Crippen LogP contribution in [0.4, 0.5) is 5.69 Å². The Labute approximate surface area is 174 Å². The normalized spacial score (nSPS) is 10.3. The van der Waals surface area contributed by atoms with Gasteiger partial charge in [0.1, 0.15) is 12.4 Å². The Hall–Kier alpha value is -3.31. The number of benzene rings is 3. The number of hydrogen-bond donors (Lipinski definition) is 1. The highest BCUT2D eigenvalue weighted by Gasteiger charge is 2.09. The van der Waals surface area contributed by atoms with Crippen molar-refractivity contribution in [2.24, 2.45) is 0 Å². The molecule has 5 nitrogen and oxygen atoms in total. The molecule has 29 heavy (non-hydrogen) atoms. The number of ether oxygens (including phenoxy) is 2. The summed E-state index contributed by atoms with van der Waals surface area (Å²) in [5, 5.41) is 3.25. The molecule has 6 heteroatoms. The first-order valence-corrected chi connectivity index (χ1v) is 9.39. The van der Waals surface area contributed by atoms with Gasteiger partial charge in [0.05, 0.1) is 5.02 Å². The van der Waals surface area contributed by atoms with Gasteiger partial charge >= 0.3 is 5.97 Å². The van der Waals surface area contributed by atoms with Crippen molar-refractivity contribution < 1.29 is 19.1 Å². The highest BCUT2D eigenvalue weighted by molar-refractivity contribution is 6.32. The second-order valence-electron chi connectivity index (χ2n) is 6.40. The number of aryl methyl sites for hydroxylation is 1. The molecule has 0 atom stereocenters. The topological polar surface area (TPSA) is 64.6 Å². The smallest absolute Gasteiger partial charge is 0.344 e. The van der Waals surface area contributed by atoms with Crippen LogP contribution in [0.3, 0.4) is 0 Å². The molecule has 148 valence electrons. The molecule has 0 bridgehead atoms. The van der Waals surface area contributed by atoms with Gasteiger partial charge in [0.25, 0.3) is 5.91 Å². The van der Waals surface area contributed by atoms with Crippen LogP contribution in [0.2, 0.25) is 5.02 Å².